The van der Waals surface area contributed by atoms with Crippen molar-refractivity contribution >= 4 is 121 Å². The first kappa shape index (κ1) is 32.9. The molecule has 6 heteroatoms. The van der Waals surface area contributed by atoms with Crippen molar-refractivity contribution in [1.29, 1.82) is 0 Å². The molecule has 0 N–H and O–H groups in total. The number of hydrogen-bond donors (Lipinski definition) is 0. The molecule has 0 amide bonds. The number of para-hydroxylation sites is 3. The van der Waals surface area contributed by atoms with Crippen LogP contribution in [-0.4, -0.2) is 11.3 Å². The van der Waals surface area contributed by atoms with Crippen LogP contribution in [0, 0.1) is 0 Å². The number of fused-ring (bicyclic) bond motifs is 17. The van der Waals surface area contributed by atoms with E-state index in [-0.39, 0.29) is 12.3 Å². The van der Waals surface area contributed by atoms with Gasteiger partial charge in [-0.1, -0.05) is 136 Å². The number of thiophene rings is 1. The van der Waals surface area contributed by atoms with Crippen molar-refractivity contribution < 1.29 is 8.83 Å². The molecule has 0 saturated heterocycles. The molecule has 2 aliphatic heterocycles. The molecule has 0 bridgehead atoms. The molecule has 0 spiro atoms. The monoisotopic (exact) mass is 786 g/mol. The van der Waals surface area contributed by atoms with Crippen molar-refractivity contribution in [2.45, 2.75) is 26.2 Å². The molecular formula is C54H35BN2O2S. The summed E-state index contributed by atoms with van der Waals surface area (Å²) in [6.45, 7) is 6.76. The lowest BCUT2D eigenvalue weighted by Gasteiger charge is -2.41. The smallest absolute Gasteiger partial charge is 0.333 e. The number of hydrogen-bond acceptors (Lipinski definition) is 4. The standard InChI is InChI=1S/C54H35BN2O2S/c1-54(2,3)31-24-26-39(37(28-31)30-14-5-4-6-15-30)56-40-29-44-46(32-16-7-10-21-41(32)59-44)48-35-19-13-20-36-50(35)57(51-34-18-9-12-23-45(34)60-53(36)51)55(49(40)48)38-25-27-43-47(52(38)56)33-17-8-11-22-42(33)58-43/h4-29H,1-3H3. The third kappa shape index (κ3) is 4.11. The number of anilines is 3. The molecule has 4 nitrogen and oxygen atoms in total. The van der Waals surface area contributed by atoms with E-state index in [9.17, 15) is 0 Å². The van der Waals surface area contributed by atoms with Crippen LogP contribution in [0.2, 0.25) is 0 Å². The average Bonchev–Trinajstić information content (AvgIpc) is 4.03. The molecule has 2 aliphatic rings. The van der Waals surface area contributed by atoms with Crippen molar-refractivity contribution in [3.8, 4) is 22.3 Å². The lowest BCUT2D eigenvalue weighted by molar-refractivity contribution is 0.590. The summed E-state index contributed by atoms with van der Waals surface area (Å²) < 4.78 is 19.0. The molecule has 0 aliphatic carbocycles. The summed E-state index contributed by atoms with van der Waals surface area (Å²) in [5.41, 5.74) is 18.1. The predicted molar refractivity (Wildman–Crippen MR) is 254 cm³/mol. The first-order valence-electron chi connectivity index (χ1n) is 20.8. The van der Waals surface area contributed by atoms with Gasteiger partial charge in [0.25, 0.3) is 0 Å². The zero-order valence-electron chi connectivity index (χ0n) is 33.2. The third-order valence-corrected chi connectivity index (χ3v) is 14.5. The van der Waals surface area contributed by atoms with Crippen LogP contribution < -0.4 is 15.8 Å². The van der Waals surface area contributed by atoms with Crippen LogP contribution in [0.3, 0.4) is 0 Å². The first-order chi connectivity index (χ1) is 29.4. The van der Waals surface area contributed by atoms with Gasteiger partial charge in [0.15, 0.2) is 0 Å². The summed E-state index contributed by atoms with van der Waals surface area (Å²) >= 11 is 1.91. The maximum Gasteiger partial charge on any atom is 0.333 e. The van der Waals surface area contributed by atoms with Crippen LogP contribution >= 0.6 is 11.3 Å². The zero-order chi connectivity index (χ0) is 39.6. The largest absolute Gasteiger partial charge is 0.456 e. The Morgan fingerprint density at radius 2 is 1.23 bits per heavy atom. The average molecular weight is 787 g/mol. The van der Waals surface area contributed by atoms with E-state index in [0.717, 1.165) is 55.6 Å². The second kappa shape index (κ2) is 11.4. The molecular weight excluding hydrogens is 751 g/mol. The van der Waals surface area contributed by atoms with Crippen LogP contribution in [0.15, 0.2) is 167 Å². The summed E-state index contributed by atoms with van der Waals surface area (Å²) in [6, 6.07) is 57.9. The van der Waals surface area contributed by atoms with E-state index in [1.807, 2.05) is 11.3 Å². The summed E-state index contributed by atoms with van der Waals surface area (Å²) in [5.74, 6) is 0. The normalized spacial score (nSPS) is 13.5. The molecule has 8 aromatic carbocycles. The van der Waals surface area contributed by atoms with E-state index in [4.69, 9.17) is 8.83 Å². The molecule has 0 saturated carbocycles. The summed E-state index contributed by atoms with van der Waals surface area (Å²) in [5, 5.41) is 7.13. The van der Waals surface area contributed by atoms with Gasteiger partial charge in [0, 0.05) is 60.0 Å². The van der Waals surface area contributed by atoms with Gasteiger partial charge in [-0.25, -0.2) is 0 Å². The number of furan rings is 2. The number of nitrogens with zero attached hydrogens (tertiary/aromatic N) is 2. The fourth-order valence-electron chi connectivity index (χ4n) is 10.8. The highest BCUT2D eigenvalue weighted by Crippen LogP contribution is 2.54. The minimum absolute atomic E-state index is 0.0501. The van der Waals surface area contributed by atoms with Gasteiger partial charge in [-0.2, -0.15) is 0 Å². The van der Waals surface area contributed by atoms with Gasteiger partial charge in [0.05, 0.1) is 27.0 Å². The highest BCUT2D eigenvalue weighted by atomic mass is 32.1. The number of benzene rings is 8. The molecule has 0 fully saturated rings. The van der Waals surface area contributed by atoms with Crippen LogP contribution in [0.1, 0.15) is 26.3 Å². The molecule has 4 aromatic heterocycles. The predicted octanol–water partition coefficient (Wildman–Crippen LogP) is 14.2. The molecule has 14 rings (SSSR count). The Morgan fingerprint density at radius 1 is 0.533 bits per heavy atom. The second-order valence-corrected chi connectivity index (χ2v) is 18.6. The van der Waals surface area contributed by atoms with Crippen molar-refractivity contribution in [2.75, 3.05) is 4.90 Å². The zero-order valence-corrected chi connectivity index (χ0v) is 34.0. The van der Waals surface area contributed by atoms with E-state index in [1.165, 1.54) is 75.3 Å². The van der Waals surface area contributed by atoms with Crippen molar-refractivity contribution in [1.82, 2.24) is 4.48 Å². The van der Waals surface area contributed by atoms with Gasteiger partial charge in [0.2, 0.25) is 0 Å². The number of aromatic nitrogens is 1. The van der Waals surface area contributed by atoms with E-state index in [2.05, 4.69) is 188 Å². The summed E-state index contributed by atoms with van der Waals surface area (Å²) in [6.07, 6.45) is 0. The Hall–Kier alpha value is -7.02. The second-order valence-electron chi connectivity index (χ2n) is 17.6. The quantitative estimate of drug-likeness (QED) is 0.164. The first-order valence-corrected chi connectivity index (χ1v) is 21.6. The Morgan fingerprint density at radius 3 is 2.03 bits per heavy atom. The van der Waals surface area contributed by atoms with Crippen LogP contribution in [0.25, 0.3) is 97.3 Å². The van der Waals surface area contributed by atoms with Gasteiger partial charge in [0.1, 0.15) is 22.3 Å². The molecule has 0 unspecified atom stereocenters. The maximum atomic E-state index is 6.95. The van der Waals surface area contributed by atoms with Gasteiger partial charge < -0.3 is 18.2 Å². The highest BCUT2D eigenvalue weighted by molar-refractivity contribution is 7.27. The van der Waals surface area contributed by atoms with Crippen LogP contribution in [-0.2, 0) is 5.41 Å². The van der Waals surface area contributed by atoms with E-state index in [0.29, 0.717) is 0 Å². The fourth-order valence-corrected chi connectivity index (χ4v) is 12.0. The maximum absolute atomic E-state index is 6.95. The van der Waals surface area contributed by atoms with Gasteiger partial charge >= 0.3 is 6.85 Å². The van der Waals surface area contributed by atoms with Crippen LogP contribution in [0.4, 0.5) is 17.1 Å². The lowest BCUT2D eigenvalue weighted by atomic mass is 9.44. The fraction of sp³-hybridized carbons (Fsp3) is 0.0741. The van der Waals surface area contributed by atoms with E-state index < -0.39 is 0 Å². The summed E-state index contributed by atoms with van der Waals surface area (Å²) in [7, 11) is 0. The van der Waals surface area contributed by atoms with Crippen molar-refractivity contribution in [2.24, 2.45) is 0 Å². The Balaban J connectivity index is 1.23. The van der Waals surface area contributed by atoms with Gasteiger partial charge in [-0.05, 0) is 69.4 Å². The molecule has 0 atom stereocenters. The van der Waals surface area contributed by atoms with Crippen molar-refractivity contribution in [3.63, 3.8) is 0 Å². The van der Waals surface area contributed by atoms with E-state index >= 15 is 0 Å². The van der Waals surface area contributed by atoms with Gasteiger partial charge in [-0.3, -0.25) is 0 Å². The minimum atomic E-state index is -0.140. The topological polar surface area (TPSA) is 34.5 Å². The lowest BCUT2D eigenvalue weighted by Crippen LogP contribution is -2.56. The Bertz CT molecular complexity index is 3840. The molecule has 12 aromatic rings. The van der Waals surface area contributed by atoms with Crippen molar-refractivity contribution in [3.05, 3.63) is 163 Å². The summed E-state index contributed by atoms with van der Waals surface area (Å²) in [4.78, 5) is 2.56. The molecule has 282 valence electrons. The minimum Gasteiger partial charge on any atom is -0.456 e. The molecule has 0 radical (unpaired) electrons. The van der Waals surface area contributed by atoms with Gasteiger partial charge in [-0.15, -0.1) is 11.3 Å². The Labute approximate surface area is 349 Å². The van der Waals surface area contributed by atoms with Crippen LogP contribution in [0.5, 0.6) is 0 Å². The number of rotatable bonds is 2. The third-order valence-electron chi connectivity index (χ3n) is 13.3. The highest BCUT2D eigenvalue weighted by Gasteiger charge is 2.46. The Kier molecular flexibility index (Phi) is 6.24. The SMILES string of the molecule is CC(C)(C)c1ccc(N2c3cc4oc5ccccc5c4c4c3B(c3ccc5oc6ccccc6c5c32)n2c3c-4cccc3c3sc4ccccc4c32)c(-c2ccccc2)c1. The molecule has 60 heavy (non-hydrogen) atoms. The van der Waals surface area contributed by atoms with E-state index in [1.54, 1.807) is 0 Å². The molecule has 6 heterocycles.